The third-order valence-corrected chi connectivity index (χ3v) is 9.55. The summed E-state index contributed by atoms with van der Waals surface area (Å²) >= 11 is 0. The van der Waals surface area contributed by atoms with Gasteiger partial charge in [-0.3, -0.25) is 4.72 Å². The average Bonchev–Trinajstić information content (AvgIpc) is 3.61. The zero-order chi connectivity index (χ0) is 33.2. The Labute approximate surface area is 281 Å². The summed E-state index contributed by atoms with van der Waals surface area (Å²) in [6.07, 6.45) is 3.56. The number of rotatable bonds is 15. The number of nitrogens with one attached hydrogen (secondary N) is 2. The molecular weight excluding hydrogens is 621 g/mol. The first kappa shape index (κ1) is 32.7. The highest BCUT2D eigenvalue weighted by molar-refractivity contribution is 7.92. The van der Waals surface area contributed by atoms with Gasteiger partial charge in [0.25, 0.3) is 10.0 Å². The lowest BCUT2D eigenvalue weighted by Crippen LogP contribution is -2.38. The molecule has 6 rings (SSSR count). The van der Waals surface area contributed by atoms with Crippen LogP contribution in [0.4, 0.5) is 5.69 Å². The fourth-order valence-electron chi connectivity index (χ4n) is 5.81. The highest BCUT2D eigenvalue weighted by Gasteiger charge is 2.39. The number of aliphatic hydroxyl groups is 1. The highest BCUT2D eigenvalue weighted by atomic mass is 32.2. The maximum absolute atomic E-state index is 12.6. The fraction of sp³-hybridized carbons (Fsp3) is 0.154. The first-order valence-corrected chi connectivity index (χ1v) is 17.3. The van der Waals surface area contributed by atoms with Gasteiger partial charge in [0, 0.05) is 12.2 Å². The van der Waals surface area contributed by atoms with E-state index in [2.05, 4.69) is 46.4 Å². The van der Waals surface area contributed by atoms with Crippen molar-refractivity contribution in [3.8, 4) is 5.75 Å². The van der Waals surface area contributed by atoms with Crippen LogP contribution in [-0.4, -0.2) is 49.1 Å². The molecule has 48 heavy (non-hydrogen) atoms. The van der Waals surface area contributed by atoms with E-state index in [0.717, 1.165) is 22.3 Å². The predicted octanol–water partition coefficient (Wildman–Crippen LogP) is 6.10. The molecule has 0 aliphatic carbocycles. The molecule has 3 N–H and O–H groups in total. The van der Waals surface area contributed by atoms with Crippen molar-refractivity contribution < 1.29 is 18.3 Å². The summed E-state index contributed by atoms with van der Waals surface area (Å²) in [7, 11) is -3.63. The summed E-state index contributed by atoms with van der Waals surface area (Å²) in [6.45, 7) is 1.09. The van der Waals surface area contributed by atoms with Crippen LogP contribution in [0.15, 0.2) is 163 Å². The van der Waals surface area contributed by atoms with E-state index < -0.39 is 21.7 Å². The van der Waals surface area contributed by atoms with Crippen molar-refractivity contribution in [2.75, 3.05) is 24.4 Å². The molecule has 0 amide bonds. The van der Waals surface area contributed by atoms with E-state index in [0.29, 0.717) is 30.9 Å². The minimum atomic E-state index is -3.63. The maximum Gasteiger partial charge on any atom is 0.261 e. The lowest BCUT2D eigenvalue weighted by atomic mass is 9.77. The van der Waals surface area contributed by atoms with E-state index in [1.807, 2.05) is 77.6 Å². The van der Waals surface area contributed by atoms with E-state index in [-0.39, 0.29) is 11.5 Å². The zero-order valence-corrected chi connectivity index (χ0v) is 27.2. The molecule has 0 radical (unpaired) electrons. The van der Waals surface area contributed by atoms with E-state index in [4.69, 9.17) is 9.84 Å². The second kappa shape index (κ2) is 15.1. The minimum Gasteiger partial charge on any atom is -0.488 e. The number of aromatic nitrogens is 2. The van der Waals surface area contributed by atoms with Gasteiger partial charge in [-0.15, -0.1) is 0 Å². The Morgan fingerprint density at radius 2 is 1.25 bits per heavy atom. The summed E-state index contributed by atoms with van der Waals surface area (Å²) in [4.78, 5) is 0.217. The number of sulfonamides is 1. The monoisotopic (exact) mass is 658 g/mol. The SMILES string of the molecule is O=S(=O)(Nc1ccc(CCNC[C@H](O)COc2cnn(C(c3ccccc3)(c3ccccc3)c3ccccc3)c2)cc1)c1ccccc1. The largest absolute Gasteiger partial charge is 0.488 e. The molecule has 5 aromatic carbocycles. The summed E-state index contributed by atoms with van der Waals surface area (Å²) in [5.74, 6) is 0.559. The van der Waals surface area contributed by atoms with Gasteiger partial charge in [0.1, 0.15) is 18.2 Å². The normalized spacial score (nSPS) is 12.4. The highest BCUT2D eigenvalue weighted by Crippen LogP contribution is 2.40. The summed E-state index contributed by atoms with van der Waals surface area (Å²) in [6, 6.07) is 46.4. The molecule has 0 aliphatic heterocycles. The number of benzene rings is 5. The van der Waals surface area contributed by atoms with E-state index in [1.165, 1.54) is 0 Å². The molecule has 9 heteroatoms. The molecule has 8 nitrogen and oxygen atoms in total. The molecule has 1 heterocycles. The topological polar surface area (TPSA) is 105 Å². The van der Waals surface area contributed by atoms with Crippen LogP contribution in [0, 0.1) is 0 Å². The van der Waals surface area contributed by atoms with Crippen molar-refractivity contribution in [2.45, 2.75) is 23.0 Å². The van der Waals surface area contributed by atoms with E-state index >= 15 is 0 Å². The van der Waals surface area contributed by atoms with Crippen LogP contribution in [-0.2, 0) is 22.0 Å². The van der Waals surface area contributed by atoms with Crippen LogP contribution >= 0.6 is 0 Å². The molecule has 6 aromatic rings. The summed E-state index contributed by atoms with van der Waals surface area (Å²) in [5, 5.41) is 18.7. The van der Waals surface area contributed by atoms with Crippen LogP contribution in [0.2, 0.25) is 0 Å². The Morgan fingerprint density at radius 1 is 0.729 bits per heavy atom. The first-order valence-electron chi connectivity index (χ1n) is 15.9. The van der Waals surface area contributed by atoms with Gasteiger partial charge < -0.3 is 15.2 Å². The lowest BCUT2D eigenvalue weighted by molar-refractivity contribution is 0.106. The molecule has 0 saturated carbocycles. The van der Waals surface area contributed by atoms with Gasteiger partial charge >= 0.3 is 0 Å². The standard InChI is InChI=1S/C39H38N4O4S/c44-36(27-40-26-25-31-21-23-35(24-22-31)42-48(45,46)38-19-11-4-12-20-38)30-47-37-28-41-43(29-37)39(32-13-5-1-6-14-32,33-15-7-2-8-16-33)34-17-9-3-10-18-34/h1-24,28-29,36,40,42,44H,25-27,30H2/t36-/m0/s1. The number of aliphatic hydroxyl groups excluding tert-OH is 1. The second-order valence-corrected chi connectivity index (χ2v) is 13.1. The van der Waals surface area contributed by atoms with Crippen LogP contribution in [0.25, 0.3) is 0 Å². The predicted molar refractivity (Wildman–Crippen MR) is 189 cm³/mol. The van der Waals surface area contributed by atoms with Crippen molar-refractivity contribution >= 4 is 15.7 Å². The summed E-state index contributed by atoms with van der Waals surface area (Å²) in [5.41, 5.74) is 3.98. The van der Waals surface area contributed by atoms with Crippen LogP contribution in [0.5, 0.6) is 5.75 Å². The second-order valence-electron chi connectivity index (χ2n) is 11.5. The number of hydrogen-bond donors (Lipinski definition) is 3. The quantitative estimate of drug-likeness (QED) is 0.0911. The van der Waals surface area contributed by atoms with Gasteiger partial charge in [-0.1, -0.05) is 121 Å². The number of hydrogen-bond acceptors (Lipinski definition) is 6. The van der Waals surface area contributed by atoms with Gasteiger partial charge in [-0.05, 0) is 59.5 Å². The van der Waals surface area contributed by atoms with Gasteiger partial charge in [0.15, 0.2) is 5.75 Å². The number of ether oxygens (including phenoxy) is 1. The molecule has 244 valence electrons. The van der Waals surface area contributed by atoms with Crippen LogP contribution in [0.1, 0.15) is 22.3 Å². The molecular formula is C39H38N4O4S. The van der Waals surface area contributed by atoms with Crippen molar-refractivity contribution in [1.29, 1.82) is 0 Å². The van der Waals surface area contributed by atoms with Crippen LogP contribution < -0.4 is 14.8 Å². The number of anilines is 1. The smallest absolute Gasteiger partial charge is 0.261 e. The van der Waals surface area contributed by atoms with E-state index in [1.54, 1.807) is 48.7 Å². The molecule has 0 bridgehead atoms. The third kappa shape index (κ3) is 7.50. The number of nitrogens with zero attached hydrogens (tertiary/aromatic N) is 2. The molecule has 0 unspecified atom stereocenters. The van der Waals surface area contributed by atoms with Gasteiger partial charge in [-0.2, -0.15) is 5.10 Å². The Morgan fingerprint density at radius 3 is 1.79 bits per heavy atom. The van der Waals surface area contributed by atoms with Gasteiger partial charge in [0.05, 0.1) is 17.3 Å². The van der Waals surface area contributed by atoms with Gasteiger partial charge in [0.2, 0.25) is 0 Å². The fourth-order valence-corrected chi connectivity index (χ4v) is 6.88. The Kier molecular flexibility index (Phi) is 10.3. The Balaban J connectivity index is 1.05. The summed E-state index contributed by atoms with van der Waals surface area (Å²) < 4.78 is 35.7. The van der Waals surface area contributed by atoms with Crippen LogP contribution in [0.3, 0.4) is 0 Å². The minimum absolute atomic E-state index is 0.101. The molecule has 1 aromatic heterocycles. The first-order chi connectivity index (χ1) is 23.4. The van der Waals surface area contributed by atoms with Crippen molar-refractivity contribution in [3.05, 3.63) is 180 Å². The van der Waals surface area contributed by atoms with E-state index in [9.17, 15) is 13.5 Å². The Bertz CT molecular complexity index is 1870. The van der Waals surface area contributed by atoms with Gasteiger partial charge in [-0.25, -0.2) is 13.1 Å². The molecule has 1 atom stereocenters. The van der Waals surface area contributed by atoms with Crippen molar-refractivity contribution in [3.63, 3.8) is 0 Å². The van der Waals surface area contributed by atoms with Crippen molar-refractivity contribution in [2.24, 2.45) is 0 Å². The molecule has 0 aliphatic rings. The molecule has 0 spiro atoms. The van der Waals surface area contributed by atoms with Crippen molar-refractivity contribution in [1.82, 2.24) is 15.1 Å². The molecule has 0 fully saturated rings. The molecule has 0 saturated heterocycles. The lowest BCUT2D eigenvalue weighted by Gasteiger charge is -2.36. The average molecular weight is 659 g/mol. The third-order valence-electron chi connectivity index (χ3n) is 8.15. The maximum atomic E-state index is 12.6. The Hall–Kier alpha value is -5.22. The zero-order valence-electron chi connectivity index (χ0n) is 26.4.